The van der Waals surface area contributed by atoms with E-state index in [2.05, 4.69) is 13.2 Å². The molecule has 5 heteroatoms. The van der Waals surface area contributed by atoms with Crippen molar-refractivity contribution in [3.05, 3.63) is 61.2 Å². The molecule has 0 aliphatic carbocycles. The highest BCUT2D eigenvalue weighted by atomic mass is 16.6. The minimum absolute atomic E-state index is 0.239. The number of benzene rings is 1. The maximum absolute atomic E-state index is 12.7. The predicted molar refractivity (Wildman–Crippen MR) is 100 cm³/mol. The van der Waals surface area contributed by atoms with E-state index in [1.807, 2.05) is 30.3 Å². The molecule has 0 fully saturated rings. The molecular weight excluding hydrogens is 316 g/mol. The molecule has 0 radical (unpaired) electrons. The van der Waals surface area contributed by atoms with Gasteiger partial charge >= 0.3 is 6.09 Å². The van der Waals surface area contributed by atoms with Gasteiger partial charge in [-0.25, -0.2) is 4.79 Å². The van der Waals surface area contributed by atoms with E-state index in [9.17, 15) is 9.59 Å². The average molecular weight is 344 g/mol. The van der Waals surface area contributed by atoms with Gasteiger partial charge in [-0.2, -0.15) is 0 Å². The summed E-state index contributed by atoms with van der Waals surface area (Å²) in [7, 11) is 1.66. The summed E-state index contributed by atoms with van der Waals surface area (Å²) in [6, 6.07) is 8.65. The Morgan fingerprint density at radius 3 is 2.28 bits per heavy atom. The molecule has 0 aliphatic heterocycles. The Balaban J connectivity index is 3.13. The van der Waals surface area contributed by atoms with E-state index >= 15 is 0 Å². The standard InChI is InChI=1S/C20H28N2O3/c1-7-14-21(6)18(23)17(8-2)22(19(24)25-20(3,4)5)15-16-12-10-9-11-13-16/h7-13,17H,1-2,14-15H2,3-6H3. The molecule has 0 aliphatic rings. The van der Waals surface area contributed by atoms with Gasteiger partial charge in [0, 0.05) is 13.6 Å². The Kier molecular flexibility index (Phi) is 7.43. The molecule has 0 bridgehead atoms. The summed E-state index contributed by atoms with van der Waals surface area (Å²) in [5, 5.41) is 0. The van der Waals surface area contributed by atoms with Crippen molar-refractivity contribution in [1.82, 2.24) is 9.80 Å². The maximum atomic E-state index is 12.7. The van der Waals surface area contributed by atoms with Gasteiger partial charge in [0.2, 0.25) is 5.91 Å². The van der Waals surface area contributed by atoms with Crippen molar-refractivity contribution < 1.29 is 14.3 Å². The van der Waals surface area contributed by atoms with Crippen molar-refractivity contribution >= 4 is 12.0 Å². The Hall–Kier alpha value is -2.56. The smallest absolute Gasteiger partial charge is 0.411 e. The maximum Gasteiger partial charge on any atom is 0.411 e. The third-order valence-electron chi connectivity index (χ3n) is 3.41. The predicted octanol–water partition coefficient (Wildman–Crippen LogP) is 3.62. The van der Waals surface area contributed by atoms with Gasteiger partial charge in [-0.1, -0.05) is 42.5 Å². The van der Waals surface area contributed by atoms with Crippen LogP contribution in [0.1, 0.15) is 26.3 Å². The van der Waals surface area contributed by atoms with E-state index in [1.54, 1.807) is 33.9 Å². The molecule has 0 N–H and O–H groups in total. The number of hydrogen-bond acceptors (Lipinski definition) is 3. The number of carbonyl (C=O) groups is 2. The van der Waals surface area contributed by atoms with Gasteiger partial charge in [0.1, 0.15) is 11.6 Å². The summed E-state index contributed by atoms with van der Waals surface area (Å²) in [6.07, 6.45) is 2.54. The second-order valence-corrected chi connectivity index (χ2v) is 6.78. The zero-order valence-corrected chi connectivity index (χ0v) is 15.6. The number of ether oxygens (including phenoxy) is 1. The summed E-state index contributed by atoms with van der Waals surface area (Å²) in [5.74, 6) is -0.239. The SMILES string of the molecule is C=CCN(C)C(=O)C(C=C)N(Cc1ccccc1)C(=O)OC(C)(C)C. The molecule has 0 aromatic heterocycles. The van der Waals surface area contributed by atoms with Crippen molar-refractivity contribution in [2.45, 2.75) is 39.0 Å². The number of likely N-dealkylation sites (N-methyl/N-ethyl adjacent to an activating group) is 1. The lowest BCUT2D eigenvalue weighted by molar-refractivity contribution is -0.133. The first kappa shape index (κ1) is 20.5. The fourth-order valence-electron chi connectivity index (χ4n) is 2.25. The first-order chi connectivity index (χ1) is 11.7. The molecule has 1 aromatic carbocycles. The molecule has 0 saturated carbocycles. The van der Waals surface area contributed by atoms with E-state index in [4.69, 9.17) is 4.74 Å². The summed E-state index contributed by atoms with van der Waals surface area (Å²) >= 11 is 0. The van der Waals surface area contributed by atoms with E-state index in [-0.39, 0.29) is 12.5 Å². The number of rotatable bonds is 7. The largest absolute Gasteiger partial charge is 0.444 e. The summed E-state index contributed by atoms with van der Waals surface area (Å²) in [4.78, 5) is 28.3. The molecule has 0 spiro atoms. The molecule has 25 heavy (non-hydrogen) atoms. The van der Waals surface area contributed by atoms with Gasteiger partial charge in [0.15, 0.2) is 0 Å². The Morgan fingerprint density at radius 2 is 1.80 bits per heavy atom. The van der Waals surface area contributed by atoms with Crippen molar-refractivity contribution in [1.29, 1.82) is 0 Å². The topological polar surface area (TPSA) is 49.9 Å². The van der Waals surface area contributed by atoms with Crippen LogP contribution in [0.2, 0.25) is 0 Å². The minimum atomic E-state index is -0.819. The quantitative estimate of drug-likeness (QED) is 0.710. The third-order valence-corrected chi connectivity index (χ3v) is 3.41. The second-order valence-electron chi connectivity index (χ2n) is 6.78. The summed E-state index contributed by atoms with van der Waals surface area (Å²) in [5.41, 5.74) is 0.243. The average Bonchev–Trinajstić information content (AvgIpc) is 2.54. The van der Waals surface area contributed by atoms with Gasteiger partial charge in [-0.15, -0.1) is 13.2 Å². The number of amides is 2. The monoisotopic (exact) mass is 344 g/mol. The molecule has 0 saturated heterocycles. The van der Waals surface area contributed by atoms with Gasteiger partial charge < -0.3 is 9.64 Å². The zero-order valence-electron chi connectivity index (χ0n) is 15.6. The lowest BCUT2D eigenvalue weighted by Crippen LogP contribution is -2.50. The van der Waals surface area contributed by atoms with Crippen molar-refractivity contribution in [2.75, 3.05) is 13.6 Å². The minimum Gasteiger partial charge on any atom is -0.444 e. The Labute approximate surface area is 150 Å². The van der Waals surface area contributed by atoms with Crippen LogP contribution in [0, 0.1) is 0 Å². The molecule has 5 nitrogen and oxygen atoms in total. The lowest BCUT2D eigenvalue weighted by Gasteiger charge is -2.33. The molecule has 1 aromatic rings. The van der Waals surface area contributed by atoms with E-state index in [0.29, 0.717) is 6.54 Å². The van der Waals surface area contributed by atoms with Crippen LogP contribution in [0.4, 0.5) is 4.79 Å². The number of carbonyl (C=O) groups excluding carboxylic acids is 2. The Bertz CT molecular complexity index is 605. The van der Waals surface area contributed by atoms with Crippen molar-refractivity contribution in [3.63, 3.8) is 0 Å². The van der Waals surface area contributed by atoms with Crippen LogP contribution >= 0.6 is 0 Å². The zero-order chi connectivity index (χ0) is 19.0. The highest BCUT2D eigenvalue weighted by Gasteiger charge is 2.32. The molecule has 136 valence electrons. The normalized spacial score (nSPS) is 12.0. The summed E-state index contributed by atoms with van der Waals surface area (Å²) in [6.45, 7) is 13.4. The third kappa shape index (κ3) is 6.45. The van der Waals surface area contributed by atoms with Crippen LogP contribution in [-0.2, 0) is 16.1 Å². The van der Waals surface area contributed by atoms with Crippen molar-refractivity contribution in [3.8, 4) is 0 Å². The van der Waals surface area contributed by atoms with Crippen molar-refractivity contribution in [2.24, 2.45) is 0 Å². The molecule has 1 rings (SSSR count). The van der Waals surface area contributed by atoms with Crippen LogP contribution in [0.25, 0.3) is 0 Å². The molecule has 0 heterocycles. The molecular formula is C20H28N2O3. The Morgan fingerprint density at radius 1 is 1.20 bits per heavy atom. The second kappa shape index (κ2) is 9.06. The lowest BCUT2D eigenvalue weighted by atomic mass is 10.1. The van der Waals surface area contributed by atoms with Gasteiger partial charge in [-0.05, 0) is 26.3 Å². The van der Waals surface area contributed by atoms with Gasteiger partial charge in [-0.3, -0.25) is 9.69 Å². The van der Waals surface area contributed by atoms with Gasteiger partial charge in [0.05, 0.1) is 6.54 Å². The van der Waals surface area contributed by atoms with E-state index in [1.165, 1.54) is 15.9 Å². The van der Waals surface area contributed by atoms with Gasteiger partial charge in [0.25, 0.3) is 0 Å². The fourth-order valence-corrected chi connectivity index (χ4v) is 2.25. The van der Waals surface area contributed by atoms with Crippen LogP contribution in [0.3, 0.4) is 0 Å². The molecule has 1 unspecified atom stereocenters. The number of nitrogens with zero attached hydrogens (tertiary/aromatic N) is 2. The molecule has 2 amide bonds. The van der Waals surface area contributed by atoms with Crippen LogP contribution in [0.5, 0.6) is 0 Å². The number of hydrogen-bond donors (Lipinski definition) is 0. The van der Waals surface area contributed by atoms with Crippen LogP contribution in [-0.4, -0.2) is 47.0 Å². The first-order valence-electron chi connectivity index (χ1n) is 8.21. The van der Waals surface area contributed by atoms with Crippen LogP contribution < -0.4 is 0 Å². The highest BCUT2D eigenvalue weighted by molar-refractivity contribution is 5.87. The van der Waals surface area contributed by atoms with Crippen LogP contribution in [0.15, 0.2) is 55.6 Å². The summed E-state index contributed by atoms with van der Waals surface area (Å²) < 4.78 is 5.49. The highest BCUT2D eigenvalue weighted by Crippen LogP contribution is 2.17. The first-order valence-corrected chi connectivity index (χ1v) is 8.21. The van der Waals surface area contributed by atoms with E-state index < -0.39 is 17.7 Å². The van der Waals surface area contributed by atoms with E-state index in [0.717, 1.165) is 5.56 Å². The fraction of sp³-hybridized carbons (Fsp3) is 0.400. The molecule has 1 atom stereocenters.